The van der Waals surface area contributed by atoms with Crippen molar-refractivity contribution in [1.82, 2.24) is 0 Å². The summed E-state index contributed by atoms with van der Waals surface area (Å²) in [6.07, 6.45) is 0. The maximum atomic E-state index is 9.60. The quantitative estimate of drug-likeness (QED) is 0.430. The van der Waals surface area contributed by atoms with Crippen molar-refractivity contribution in [3.8, 4) is 11.5 Å². The predicted molar refractivity (Wildman–Crippen MR) is 110 cm³/mol. The van der Waals surface area contributed by atoms with Gasteiger partial charge in [0.2, 0.25) is 0 Å². The third kappa shape index (κ3) is 4.33. The lowest BCUT2D eigenvalue weighted by Gasteiger charge is -2.11. The molecule has 0 saturated carbocycles. The summed E-state index contributed by atoms with van der Waals surface area (Å²) in [6.45, 7) is 4.60. The topological polar surface area (TPSA) is 46.5 Å². The summed E-state index contributed by atoms with van der Waals surface area (Å²) in [7, 11) is 0. The number of benzene rings is 4. The molecule has 0 aliphatic heterocycles. The molecule has 0 aliphatic carbocycles. The maximum Gasteiger partial charge on any atom is 0.330 e. The molecular formula is C24H20O3. The number of hydrogen-bond donors (Lipinski definition) is 1. The van der Waals surface area contributed by atoms with Gasteiger partial charge in [0, 0.05) is 16.3 Å². The molecule has 3 nitrogen and oxygen atoms in total. The minimum atomic E-state index is -0.935. The minimum Gasteiger partial charge on any atom is -0.478 e. The van der Waals surface area contributed by atoms with Crippen LogP contribution in [0.1, 0.15) is 6.92 Å². The predicted octanol–water partition coefficient (Wildman–Crippen LogP) is 6.43. The van der Waals surface area contributed by atoms with Gasteiger partial charge in [0.25, 0.3) is 0 Å². The molecule has 4 aromatic carbocycles. The highest BCUT2D eigenvalue weighted by Gasteiger charge is 2.05. The van der Waals surface area contributed by atoms with Crippen molar-refractivity contribution in [2.75, 3.05) is 0 Å². The van der Waals surface area contributed by atoms with Crippen LogP contribution < -0.4 is 4.74 Å². The van der Waals surface area contributed by atoms with Gasteiger partial charge in [-0.3, -0.25) is 0 Å². The maximum absolute atomic E-state index is 9.60. The van der Waals surface area contributed by atoms with Gasteiger partial charge in [0.05, 0.1) is 0 Å². The van der Waals surface area contributed by atoms with Crippen LogP contribution in [0, 0.1) is 0 Å². The third-order valence-corrected chi connectivity index (χ3v) is 4.08. The largest absolute Gasteiger partial charge is 0.478 e. The van der Waals surface area contributed by atoms with Crippen LogP contribution in [0.2, 0.25) is 0 Å². The molecule has 0 aromatic heterocycles. The summed E-state index contributed by atoms with van der Waals surface area (Å²) >= 11 is 0. The zero-order chi connectivity index (χ0) is 19.2. The third-order valence-electron chi connectivity index (χ3n) is 4.08. The highest BCUT2D eigenvalue weighted by Crippen LogP contribution is 2.33. The van der Waals surface area contributed by atoms with Crippen LogP contribution in [-0.4, -0.2) is 11.1 Å². The van der Waals surface area contributed by atoms with E-state index in [0.717, 1.165) is 22.3 Å². The Hall–Kier alpha value is -3.59. The first-order valence-corrected chi connectivity index (χ1v) is 8.58. The van der Waals surface area contributed by atoms with Gasteiger partial charge < -0.3 is 9.84 Å². The molecule has 4 aromatic rings. The van der Waals surface area contributed by atoms with E-state index in [1.165, 1.54) is 17.7 Å². The molecule has 0 unspecified atom stereocenters. The van der Waals surface area contributed by atoms with E-state index in [-0.39, 0.29) is 5.57 Å². The molecule has 0 radical (unpaired) electrons. The lowest BCUT2D eigenvalue weighted by atomic mass is 10.1. The Morgan fingerprint density at radius 3 is 1.52 bits per heavy atom. The zero-order valence-corrected chi connectivity index (χ0v) is 15.1. The van der Waals surface area contributed by atoms with Crippen LogP contribution >= 0.6 is 0 Å². The van der Waals surface area contributed by atoms with E-state index in [2.05, 4.69) is 43.0 Å². The second-order valence-corrected chi connectivity index (χ2v) is 6.14. The number of fused-ring (bicyclic) bond motifs is 2. The molecule has 1 N–H and O–H groups in total. The fourth-order valence-electron chi connectivity index (χ4n) is 2.69. The first kappa shape index (κ1) is 18.2. The van der Waals surface area contributed by atoms with Crippen molar-refractivity contribution in [3.63, 3.8) is 0 Å². The molecular weight excluding hydrogens is 336 g/mol. The van der Waals surface area contributed by atoms with E-state index >= 15 is 0 Å². The number of carbonyl (C=O) groups is 1. The zero-order valence-electron chi connectivity index (χ0n) is 15.1. The van der Waals surface area contributed by atoms with Crippen LogP contribution in [0.25, 0.3) is 21.5 Å². The average Bonchev–Trinajstić information content (AvgIpc) is 2.69. The Morgan fingerprint density at radius 1 is 0.741 bits per heavy atom. The van der Waals surface area contributed by atoms with Crippen molar-refractivity contribution < 1.29 is 14.6 Å². The lowest BCUT2D eigenvalue weighted by Crippen LogP contribution is -1.92. The summed E-state index contributed by atoms with van der Waals surface area (Å²) in [5, 5.41) is 12.5. The minimum absolute atomic E-state index is 0.176. The molecule has 0 amide bonds. The molecule has 0 atom stereocenters. The summed E-state index contributed by atoms with van der Waals surface area (Å²) in [5.74, 6) is 0.851. The Labute approximate surface area is 158 Å². The highest BCUT2D eigenvalue weighted by atomic mass is 16.5. The number of carboxylic acid groups (broad SMARTS) is 1. The Morgan fingerprint density at radius 2 is 1.11 bits per heavy atom. The first-order chi connectivity index (χ1) is 13.1. The van der Waals surface area contributed by atoms with Gasteiger partial charge in [-0.1, -0.05) is 79.4 Å². The van der Waals surface area contributed by atoms with E-state index in [0.29, 0.717) is 0 Å². The summed E-state index contributed by atoms with van der Waals surface area (Å²) in [5.41, 5.74) is 0.176. The van der Waals surface area contributed by atoms with E-state index in [1.54, 1.807) is 0 Å². The number of carboxylic acids is 1. The van der Waals surface area contributed by atoms with Gasteiger partial charge in [0.1, 0.15) is 11.5 Å². The van der Waals surface area contributed by atoms with Crippen LogP contribution in [0.4, 0.5) is 0 Å². The second kappa shape index (κ2) is 8.19. The molecule has 0 aliphatic rings. The fraction of sp³-hybridized carbons (Fsp3) is 0.0417. The van der Waals surface area contributed by atoms with E-state index in [1.807, 2.05) is 48.5 Å². The molecule has 0 fully saturated rings. The van der Waals surface area contributed by atoms with Gasteiger partial charge in [0.15, 0.2) is 0 Å². The number of ether oxygens (including phenoxy) is 1. The Kier molecular flexibility index (Phi) is 5.53. The molecule has 4 rings (SSSR count). The fourth-order valence-corrected chi connectivity index (χ4v) is 2.69. The molecule has 3 heteroatoms. The van der Waals surface area contributed by atoms with Gasteiger partial charge in [-0.15, -0.1) is 0 Å². The lowest BCUT2D eigenvalue weighted by molar-refractivity contribution is -0.132. The van der Waals surface area contributed by atoms with Crippen LogP contribution in [0.5, 0.6) is 11.5 Å². The molecule has 0 bridgehead atoms. The van der Waals surface area contributed by atoms with Crippen molar-refractivity contribution in [2.24, 2.45) is 0 Å². The molecule has 134 valence electrons. The van der Waals surface area contributed by atoms with Crippen LogP contribution in [0.3, 0.4) is 0 Å². The smallest absolute Gasteiger partial charge is 0.330 e. The number of hydrogen-bond acceptors (Lipinski definition) is 2. The molecule has 0 heterocycles. The highest BCUT2D eigenvalue weighted by molar-refractivity contribution is 5.91. The first-order valence-electron chi connectivity index (χ1n) is 8.58. The van der Waals surface area contributed by atoms with Gasteiger partial charge >= 0.3 is 5.97 Å². The van der Waals surface area contributed by atoms with Crippen LogP contribution in [-0.2, 0) is 4.79 Å². The van der Waals surface area contributed by atoms with Crippen molar-refractivity contribution in [2.45, 2.75) is 6.92 Å². The molecule has 0 saturated heterocycles. The van der Waals surface area contributed by atoms with E-state index < -0.39 is 5.97 Å². The standard InChI is InChI=1S/C20H14O.C4H6O2/c1-3-11-17-15(7-1)9-5-13-19(17)21-20-14-6-10-16-8-2-4-12-18(16)20;1-3(2)4(5)6/h1-14H;1H2,2H3,(H,5,6). The monoisotopic (exact) mass is 356 g/mol. The van der Waals surface area contributed by atoms with Crippen molar-refractivity contribution >= 4 is 27.5 Å². The van der Waals surface area contributed by atoms with Gasteiger partial charge in [-0.25, -0.2) is 4.79 Å². The SMILES string of the molecule is C=C(C)C(=O)O.c1ccc2c(Oc3cccc4ccccc34)cccc2c1. The van der Waals surface area contributed by atoms with Gasteiger partial charge in [-0.05, 0) is 29.8 Å². The molecule has 27 heavy (non-hydrogen) atoms. The average molecular weight is 356 g/mol. The van der Waals surface area contributed by atoms with Crippen LogP contribution in [0.15, 0.2) is 97.1 Å². The Bertz CT molecular complexity index is 1010. The summed E-state index contributed by atoms with van der Waals surface area (Å²) in [6, 6.07) is 28.9. The summed E-state index contributed by atoms with van der Waals surface area (Å²) < 4.78 is 6.20. The number of aliphatic carboxylic acids is 1. The normalized spacial score (nSPS) is 10.1. The second-order valence-electron chi connectivity index (χ2n) is 6.14. The Balaban J connectivity index is 0.000000307. The van der Waals surface area contributed by atoms with Crippen molar-refractivity contribution in [3.05, 3.63) is 97.1 Å². The van der Waals surface area contributed by atoms with Gasteiger partial charge in [-0.2, -0.15) is 0 Å². The van der Waals surface area contributed by atoms with E-state index in [9.17, 15) is 4.79 Å². The molecule has 0 spiro atoms. The van der Waals surface area contributed by atoms with Crippen molar-refractivity contribution in [1.29, 1.82) is 0 Å². The summed E-state index contributed by atoms with van der Waals surface area (Å²) in [4.78, 5) is 9.60. The van der Waals surface area contributed by atoms with E-state index in [4.69, 9.17) is 9.84 Å². The number of rotatable bonds is 3.